The number of benzene rings is 2. The number of anilines is 1. The molecule has 4 rings (SSSR count). The van der Waals surface area contributed by atoms with Crippen molar-refractivity contribution in [3.05, 3.63) is 54.1 Å². The van der Waals surface area contributed by atoms with Crippen molar-refractivity contribution in [3.8, 4) is 11.1 Å². The van der Waals surface area contributed by atoms with E-state index in [4.69, 9.17) is 0 Å². The topological polar surface area (TPSA) is 47.6 Å². The summed E-state index contributed by atoms with van der Waals surface area (Å²) in [5.41, 5.74) is 4.42. The molecule has 1 unspecified atom stereocenters. The van der Waals surface area contributed by atoms with Crippen molar-refractivity contribution in [2.45, 2.75) is 19.4 Å². The van der Waals surface area contributed by atoms with E-state index in [0.29, 0.717) is 6.04 Å². The molecule has 2 aliphatic rings. The molecule has 158 valence electrons. The Morgan fingerprint density at radius 1 is 1.03 bits per heavy atom. The zero-order valence-electron chi connectivity index (χ0n) is 16.8. The highest BCUT2D eigenvalue weighted by Gasteiger charge is 2.27. The fourth-order valence-corrected chi connectivity index (χ4v) is 4.11. The van der Waals surface area contributed by atoms with Crippen molar-refractivity contribution >= 4 is 36.5 Å². The minimum atomic E-state index is 0. The van der Waals surface area contributed by atoms with Gasteiger partial charge in [0.15, 0.2) is 0 Å². The Hall–Kier alpha value is -1.79. The first-order valence-electron chi connectivity index (χ1n) is 9.87. The molecule has 0 saturated carbocycles. The first-order valence-corrected chi connectivity index (χ1v) is 9.87. The van der Waals surface area contributed by atoms with Gasteiger partial charge in [0.2, 0.25) is 0 Å². The van der Waals surface area contributed by atoms with E-state index in [1.54, 1.807) is 0 Å². The second-order valence-corrected chi connectivity index (χ2v) is 7.50. The number of amides is 2. The van der Waals surface area contributed by atoms with E-state index in [1.165, 1.54) is 17.5 Å². The molecular formula is C22H30Cl2N4O. The van der Waals surface area contributed by atoms with Crippen LogP contribution in [-0.4, -0.2) is 61.1 Å². The van der Waals surface area contributed by atoms with Crippen LogP contribution >= 0.6 is 24.8 Å². The Kier molecular flexibility index (Phi) is 8.78. The summed E-state index contributed by atoms with van der Waals surface area (Å²) in [6, 6.07) is 17.1. The number of carbonyl (C=O) groups is 1. The van der Waals surface area contributed by atoms with Crippen LogP contribution in [0.2, 0.25) is 0 Å². The average Bonchev–Trinajstić information content (AvgIpc) is 3.23. The van der Waals surface area contributed by atoms with E-state index in [0.717, 1.165) is 50.5 Å². The molecule has 5 nitrogen and oxygen atoms in total. The molecule has 0 spiro atoms. The lowest BCUT2D eigenvalue weighted by atomic mass is 10.0. The third-order valence-corrected chi connectivity index (χ3v) is 5.72. The first-order chi connectivity index (χ1) is 13.2. The maximum absolute atomic E-state index is 12.7. The molecule has 0 aromatic heterocycles. The normalized spacial score (nSPS) is 19.2. The molecular weight excluding hydrogens is 407 g/mol. The molecule has 0 radical (unpaired) electrons. The highest BCUT2D eigenvalue weighted by molar-refractivity contribution is 5.90. The lowest BCUT2D eigenvalue weighted by Gasteiger charge is -2.37. The van der Waals surface area contributed by atoms with Gasteiger partial charge in [0, 0.05) is 44.5 Å². The van der Waals surface area contributed by atoms with Gasteiger partial charge in [-0.1, -0.05) is 36.4 Å². The van der Waals surface area contributed by atoms with Crippen LogP contribution < -0.4 is 10.6 Å². The molecule has 2 fully saturated rings. The van der Waals surface area contributed by atoms with E-state index in [1.807, 2.05) is 29.2 Å². The van der Waals surface area contributed by atoms with Gasteiger partial charge in [-0.15, -0.1) is 24.8 Å². The van der Waals surface area contributed by atoms with E-state index >= 15 is 0 Å². The number of carbonyl (C=O) groups excluding carboxylic acids is 1. The van der Waals surface area contributed by atoms with E-state index < -0.39 is 0 Å². The van der Waals surface area contributed by atoms with Crippen molar-refractivity contribution in [2.24, 2.45) is 0 Å². The van der Waals surface area contributed by atoms with E-state index in [-0.39, 0.29) is 30.8 Å². The van der Waals surface area contributed by atoms with Crippen LogP contribution in [-0.2, 0) is 0 Å². The first kappa shape index (κ1) is 23.5. The Morgan fingerprint density at radius 2 is 1.79 bits per heavy atom. The maximum atomic E-state index is 12.7. The summed E-state index contributed by atoms with van der Waals surface area (Å²) >= 11 is 0. The van der Waals surface area contributed by atoms with Gasteiger partial charge in [0.05, 0.1) is 0 Å². The molecule has 0 bridgehead atoms. The summed E-state index contributed by atoms with van der Waals surface area (Å²) in [7, 11) is 0. The van der Waals surface area contributed by atoms with Gasteiger partial charge in [0.1, 0.15) is 0 Å². The van der Waals surface area contributed by atoms with Crippen LogP contribution in [0.15, 0.2) is 48.5 Å². The SMILES string of the molecule is Cc1ccccc1-c1cccc(NC(=O)N2CCN(C3CCNC3)CC2)c1.Cl.Cl. The third kappa shape index (κ3) is 5.64. The highest BCUT2D eigenvalue weighted by atomic mass is 35.5. The monoisotopic (exact) mass is 436 g/mol. The van der Waals surface area contributed by atoms with Crippen LogP contribution in [0.25, 0.3) is 11.1 Å². The number of hydrogen-bond donors (Lipinski definition) is 2. The smallest absolute Gasteiger partial charge is 0.321 e. The number of urea groups is 1. The van der Waals surface area contributed by atoms with Crippen molar-refractivity contribution < 1.29 is 4.79 Å². The Balaban J connectivity index is 0.00000150. The van der Waals surface area contributed by atoms with Crippen molar-refractivity contribution in [2.75, 3.05) is 44.6 Å². The van der Waals surface area contributed by atoms with Gasteiger partial charge in [-0.25, -0.2) is 4.79 Å². The summed E-state index contributed by atoms with van der Waals surface area (Å²) in [6.07, 6.45) is 1.22. The van der Waals surface area contributed by atoms with Crippen LogP contribution in [0.5, 0.6) is 0 Å². The Bertz CT molecular complexity index is 803. The van der Waals surface area contributed by atoms with Crippen molar-refractivity contribution in [3.63, 3.8) is 0 Å². The van der Waals surface area contributed by atoms with E-state index in [9.17, 15) is 4.79 Å². The summed E-state index contributed by atoms with van der Waals surface area (Å²) in [5, 5.41) is 6.51. The molecule has 29 heavy (non-hydrogen) atoms. The third-order valence-electron chi connectivity index (χ3n) is 5.72. The standard InChI is InChI=1S/C22H28N4O.2ClH/c1-17-5-2-3-8-21(17)18-6-4-7-19(15-18)24-22(27)26-13-11-25(12-14-26)20-9-10-23-16-20;;/h2-8,15,20,23H,9-14,16H2,1H3,(H,24,27);2*1H. The zero-order valence-corrected chi connectivity index (χ0v) is 18.4. The number of halogens is 2. The van der Waals surface area contributed by atoms with Gasteiger partial charge in [-0.2, -0.15) is 0 Å². The van der Waals surface area contributed by atoms with Gasteiger partial charge in [-0.05, 0) is 48.7 Å². The summed E-state index contributed by atoms with van der Waals surface area (Å²) in [6.45, 7) is 7.81. The van der Waals surface area contributed by atoms with E-state index in [2.05, 4.69) is 46.7 Å². The predicted octanol–water partition coefficient (Wildman–Crippen LogP) is 4.02. The van der Waals surface area contributed by atoms with Crippen molar-refractivity contribution in [1.29, 1.82) is 0 Å². The maximum Gasteiger partial charge on any atom is 0.321 e. The molecule has 2 aliphatic heterocycles. The van der Waals surface area contributed by atoms with Crippen molar-refractivity contribution in [1.82, 2.24) is 15.1 Å². The molecule has 2 amide bonds. The lowest BCUT2D eigenvalue weighted by molar-refractivity contribution is 0.119. The number of nitrogens with zero attached hydrogens (tertiary/aromatic N) is 2. The van der Waals surface area contributed by atoms with Gasteiger partial charge >= 0.3 is 6.03 Å². The number of piperazine rings is 1. The number of aryl methyl sites for hydroxylation is 1. The zero-order chi connectivity index (χ0) is 18.6. The molecule has 2 N–H and O–H groups in total. The van der Waals surface area contributed by atoms with Gasteiger partial charge in [-0.3, -0.25) is 4.90 Å². The molecule has 0 aliphatic carbocycles. The van der Waals surface area contributed by atoms with Gasteiger partial charge < -0.3 is 15.5 Å². The molecule has 2 saturated heterocycles. The van der Waals surface area contributed by atoms with Crippen LogP contribution in [0.1, 0.15) is 12.0 Å². The Morgan fingerprint density at radius 3 is 2.48 bits per heavy atom. The minimum Gasteiger partial charge on any atom is -0.322 e. The molecule has 1 atom stereocenters. The average molecular weight is 437 g/mol. The van der Waals surface area contributed by atoms with Gasteiger partial charge in [0.25, 0.3) is 0 Å². The molecule has 2 heterocycles. The largest absolute Gasteiger partial charge is 0.322 e. The summed E-state index contributed by atoms with van der Waals surface area (Å²) < 4.78 is 0. The van der Waals surface area contributed by atoms with Crippen LogP contribution in [0.3, 0.4) is 0 Å². The molecule has 2 aromatic rings. The fraction of sp³-hybridized carbons (Fsp3) is 0.409. The molecule has 7 heteroatoms. The van der Waals surface area contributed by atoms with Crippen LogP contribution in [0, 0.1) is 6.92 Å². The summed E-state index contributed by atoms with van der Waals surface area (Å²) in [5.74, 6) is 0. The number of hydrogen-bond acceptors (Lipinski definition) is 3. The lowest BCUT2D eigenvalue weighted by Crippen LogP contribution is -2.53. The quantitative estimate of drug-likeness (QED) is 0.763. The second kappa shape index (κ2) is 10.8. The van der Waals surface area contributed by atoms with Crippen LogP contribution in [0.4, 0.5) is 10.5 Å². The second-order valence-electron chi connectivity index (χ2n) is 7.50. The number of rotatable bonds is 3. The minimum absolute atomic E-state index is 0. The number of nitrogens with one attached hydrogen (secondary N) is 2. The molecule has 2 aromatic carbocycles. The Labute approximate surface area is 185 Å². The predicted molar refractivity (Wildman–Crippen MR) is 125 cm³/mol. The summed E-state index contributed by atoms with van der Waals surface area (Å²) in [4.78, 5) is 17.1. The highest BCUT2D eigenvalue weighted by Crippen LogP contribution is 2.25. The fourth-order valence-electron chi connectivity index (χ4n) is 4.11.